The minimum Gasteiger partial charge on any atom is -0.475 e. The summed E-state index contributed by atoms with van der Waals surface area (Å²) in [5.74, 6) is -0.0457. The van der Waals surface area contributed by atoms with E-state index >= 15 is 0 Å². The maximum atomic E-state index is 13.8. The van der Waals surface area contributed by atoms with E-state index in [9.17, 15) is 9.18 Å². The van der Waals surface area contributed by atoms with Crippen molar-refractivity contribution in [3.05, 3.63) is 92.8 Å². The van der Waals surface area contributed by atoms with E-state index in [1.807, 2.05) is 13.0 Å². The first kappa shape index (κ1) is 20.6. The number of halogens is 3. The van der Waals surface area contributed by atoms with Crippen molar-refractivity contribution in [2.45, 2.75) is 25.9 Å². The Morgan fingerprint density at radius 1 is 1.13 bits per heavy atom. The molecule has 4 nitrogen and oxygen atoms in total. The van der Waals surface area contributed by atoms with Gasteiger partial charge in [0.25, 0.3) is 5.91 Å². The Labute approximate surface area is 184 Å². The molecule has 1 amide bonds. The third kappa shape index (κ3) is 4.42. The summed E-state index contributed by atoms with van der Waals surface area (Å²) in [4.78, 5) is 19.2. The van der Waals surface area contributed by atoms with Crippen molar-refractivity contribution in [1.82, 2.24) is 9.88 Å². The summed E-state index contributed by atoms with van der Waals surface area (Å²) in [5.41, 5.74) is 3.24. The van der Waals surface area contributed by atoms with Gasteiger partial charge in [-0.05, 0) is 60.4 Å². The van der Waals surface area contributed by atoms with Crippen LogP contribution in [0, 0.1) is 12.7 Å². The first-order valence-electron chi connectivity index (χ1n) is 9.49. The van der Waals surface area contributed by atoms with Gasteiger partial charge in [-0.3, -0.25) is 4.79 Å². The van der Waals surface area contributed by atoms with Crippen LogP contribution in [-0.2, 0) is 13.0 Å². The smallest absolute Gasteiger partial charge is 0.254 e. The minimum absolute atomic E-state index is 0.214. The van der Waals surface area contributed by atoms with E-state index in [0.29, 0.717) is 27.9 Å². The van der Waals surface area contributed by atoms with Gasteiger partial charge in [0.05, 0.1) is 16.1 Å². The Morgan fingerprint density at radius 2 is 1.97 bits per heavy atom. The number of amides is 1. The zero-order chi connectivity index (χ0) is 21.3. The highest BCUT2D eigenvalue weighted by Gasteiger charge is 2.31. The average Bonchev–Trinajstić information content (AvgIpc) is 2.74. The number of pyridine rings is 1. The lowest BCUT2D eigenvalue weighted by atomic mass is 9.93. The molecular formula is C23H19Cl2FN2O2. The van der Waals surface area contributed by atoms with E-state index in [1.54, 1.807) is 41.4 Å². The molecule has 0 saturated carbocycles. The normalized spacial score (nSPS) is 15.6. The Bertz CT molecular complexity index is 1090. The van der Waals surface area contributed by atoms with Crippen LogP contribution in [0.1, 0.15) is 27.0 Å². The lowest BCUT2D eigenvalue weighted by Gasteiger charge is -2.37. The summed E-state index contributed by atoms with van der Waals surface area (Å²) in [6.07, 6.45) is 2.28. The van der Waals surface area contributed by atoms with Crippen molar-refractivity contribution in [3.8, 4) is 5.88 Å². The molecule has 0 radical (unpaired) electrons. The first-order valence-corrected chi connectivity index (χ1v) is 10.2. The number of rotatable bonds is 4. The van der Waals surface area contributed by atoms with Gasteiger partial charge in [-0.25, -0.2) is 9.37 Å². The zero-order valence-electron chi connectivity index (χ0n) is 16.2. The zero-order valence-corrected chi connectivity index (χ0v) is 17.8. The predicted molar refractivity (Wildman–Crippen MR) is 115 cm³/mol. The second kappa shape index (κ2) is 8.62. The van der Waals surface area contributed by atoms with Gasteiger partial charge in [-0.15, -0.1) is 0 Å². The summed E-state index contributed by atoms with van der Waals surface area (Å²) in [5, 5.41) is 0.687. The number of aryl methyl sites for hydroxylation is 1. The van der Waals surface area contributed by atoms with E-state index in [0.717, 1.165) is 16.7 Å². The van der Waals surface area contributed by atoms with E-state index in [4.69, 9.17) is 27.9 Å². The summed E-state index contributed by atoms with van der Waals surface area (Å²) < 4.78 is 19.6. The highest BCUT2D eigenvalue weighted by molar-refractivity contribution is 6.42. The fourth-order valence-corrected chi connectivity index (χ4v) is 3.82. The third-order valence-electron chi connectivity index (χ3n) is 5.14. The van der Waals surface area contributed by atoms with Gasteiger partial charge in [0.1, 0.15) is 12.4 Å². The van der Waals surface area contributed by atoms with Crippen LogP contribution in [0.2, 0.25) is 10.0 Å². The Morgan fingerprint density at radius 3 is 2.70 bits per heavy atom. The van der Waals surface area contributed by atoms with E-state index in [2.05, 4.69) is 4.98 Å². The number of fused-ring (bicyclic) bond motifs is 1. The summed E-state index contributed by atoms with van der Waals surface area (Å²) >= 11 is 12.1. The topological polar surface area (TPSA) is 42.4 Å². The Balaban J connectivity index is 1.61. The third-order valence-corrected chi connectivity index (χ3v) is 5.88. The number of hydrogen-bond donors (Lipinski definition) is 0. The standard InChI is InChI=1S/C23H19Cl2FN2O2/c1-14-2-7-22(27-11-14)30-13-19-9-15-3-5-18(26)8-17(15)12-28(19)23(29)16-4-6-20(24)21(25)10-16/h2-8,10-11,19H,9,12-13H2,1H3/t19-/m0/s1. The molecule has 1 atom stereocenters. The lowest BCUT2D eigenvalue weighted by Crippen LogP contribution is -2.47. The van der Waals surface area contributed by atoms with Crippen LogP contribution in [0.3, 0.4) is 0 Å². The molecular weight excluding hydrogens is 426 g/mol. The van der Waals surface area contributed by atoms with Gasteiger partial charge in [0.15, 0.2) is 0 Å². The van der Waals surface area contributed by atoms with Crippen molar-refractivity contribution >= 4 is 29.1 Å². The second-order valence-electron chi connectivity index (χ2n) is 7.32. The molecule has 2 aromatic carbocycles. The lowest BCUT2D eigenvalue weighted by molar-refractivity contribution is 0.0562. The van der Waals surface area contributed by atoms with Gasteiger partial charge in [-0.2, -0.15) is 0 Å². The number of ether oxygens (including phenoxy) is 1. The Hall–Kier alpha value is -2.63. The van der Waals surface area contributed by atoms with Crippen molar-refractivity contribution in [2.75, 3.05) is 6.61 Å². The van der Waals surface area contributed by atoms with Gasteiger partial charge >= 0.3 is 0 Å². The number of aromatic nitrogens is 1. The molecule has 0 saturated heterocycles. The van der Waals surface area contributed by atoms with E-state index in [-0.39, 0.29) is 30.9 Å². The molecule has 0 spiro atoms. The quantitative estimate of drug-likeness (QED) is 0.534. The molecule has 0 aliphatic carbocycles. The molecule has 0 fully saturated rings. The first-order chi connectivity index (χ1) is 14.4. The van der Waals surface area contributed by atoms with E-state index in [1.165, 1.54) is 12.1 Å². The van der Waals surface area contributed by atoms with Crippen LogP contribution in [-0.4, -0.2) is 28.4 Å². The van der Waals surface area contributed by atoms with Crippen LogP contribution in [0.15, 0.2) is 54.7 Å². The summed E-state index contributed by atoms with van der Waals surface area (Å²) in [6, 6.07) is 12.9. The van der Waals surface area contributed by atoms with Gasteiger partial charge in [-0.1, -0.05) is 35.3 Å². The fourth-order valence-electron chi connectivity index (χ4n) is 3.52. The molecule has 4 rings (SSSR count). The van der Waals surface area contributed by atoms with Crippen LogP contribution in [0.4, 0.5) is 4.39 Å². The van der Waals surface area contributed by atoms with Crippen molar-refractivity contribution in [3.63, 3.8) is 0 Å². The molecule has 0 N–H and O–H groups in total. The average molecular weight is 445 g/mol. The highest BCUT2D eigenvalue weighted by atomic mass is 35.5. The maximum Gasteiger partial charge on any atom is 0.254 e. The molecule has 1 aliphatic heterocycles. The molecule has 1 aromatic heterocycles. The molecule has 1 aliphatic rings. The van der Waals surface area contributed by atoms with Gasteiger partial charge in [0.2, 0.25) is 5.88 Å². The molecule has 30 heavy (non-hydrogen) atoms. The number of hydrogen-bond acceptors (Lipinski definition) is 3. The SMILES string of the molecule is Cc1ccc(OC[C@@H]2Cc3ccc(F)cc3CN2C(=O)c2ccc(Cl)c(Cl)c2)nc1. The molecule has 2 heterocycles. The second-order valence-corrected chi connectivity index (χ2v) is 8.13. The monoisotopic (exact) mass is 444 g/mol. The number of carbonyl (C=O) groups is 1. The van der Waals surface area contributed by atoms with Crippen LogP contribution >= 0.6 is 23.2 Å². The van der Waals surface area contributed by atoms with Gasteiger partial charge < -0.3 is 9.64 Å². The van der Waals surface area contributed by atoms with Crippen LogP contribution < -0.4 is 4.74 Å². The van der Waals surface area contributed by atoms with Crippen LogP contribution in [0.25, 0.3) is 0 Å². The van der Waals surface area contributed by atoms with Crippen molar-refractivity contribution < 1.29 is 13.9 Å². The Kier molecular flexibility index (Phi) is 5.93. The molecule has 0 unspecified atom stereocenters. The molecule has 3 aromatic rings. The number of benzene rings is 2. The fraction of sp³-hybridized carbons (Fsp3) is 0.217. The maximum absolute atomic E-state index is 13.8. The van der Waals surface area contributed by atoms with Gasteiger partial charge in [0, 0.05) is 24.4 Å². The summed E-state index contributed by atoms with van der Waals surface area (Å²) in [6.45, 7) is 2.49. The van der Waals surface area contributed by atoms with Crippen molar-refractivity contribution in [1.29, 1.82) is 0 Å². The predicted octanol–water partition coefficient (Wildman–Crippen LogP) is 5.48. The largest absolute Gasteiger partial charge is 0.475 e. The number of nitrogens with zero attached hydrogens (tertiary/aromatic N) is 2. The van der Waals surface area contributed by atoms with E-state index < -0.39 is 0 Å². The van der Waals surface area contributed by atoms with Crippen molar-refractivity contribution in [2.24, 2.45) is 0 Å². The number of carbonyl (C=O) groups excluding carboxylic acids is 1. The minimum atomic E-state index is -0.325. The highest BCUT2D eigenvalue weighted by Crippen LogP contribution is 2.28. The molecule has 0 bridgehead atoms. The van der Waals surface area contributed by atoms with Crippen LogP contribution in [0.5, 0.6) is 5.88 Å². The summed E-state index contributed by atoms with van der Waals surface area (Å²) in [7, 11) is 0. The molecule has 154 valence electrons. The molecule has 7 heteroatoms.